The van der Waals surface area contributed by atoms with Crippen molar-refractivity contribution in [2.75, 3.05) is 6.54 Å². The van der Waals surface area contributed by atoms with Gasteiger partial charge in [0.25, 0.3) is 0 Å². The standard InChI is InChI=1S/C20H20BrN3/c21-17-10-8-16(9-11-17)18-13-22-20(23-18)19-7-4-12-24(19)14-15-5-2-1-3-6-15/h1-3,5-6,8-11,13,19H,4,7,12,14H2,(H,22,23)/t19-/m0/s1. The van der Waals surface area contributed by atoms with Crippen molar-refractivity contribution in [1.82, 2.24) is 14.9 Å². The molecule has 1 saturated heterocycles. The van der Waals surface area contributed by atoms with Crippen molar-refractivity contribution in [2.45, 2.75) is 25.4 Å². The summed E-state index contributed by atoms with van der Waals surface area (Å²) in [6, 6.07) is 19.4. The van der Waals surface area contributed by atoms with E-state index in [9.17, 15) is 0 Å². The number of hydrogen-bond donors (Lipinski definition) is 1. The first-order chi connectivity index (χ1) is 11.8. The summed E-state index contributed by atoms with van der Waals surface area (Å²) in [6.07, 6.45) is 4.35. The molecular formula is C20H20BrN3. The molecule has 0 amide bonds. The average molecular weight is 382 g/mol. The van der Waals surface area contributed by atoms with Gasteiger partial charge in [-0.3, -0.25) is 4.90 Å². The zero-order chi connectivity index (χ0) is 16.4. The number of halogens is 1. The molecule has 0 bridgehead atoms. The molecule has 4 heteroatoms. The predicted molar refractivity (Wildman–Crippen MR) is 101 cm³/mol. The van der Waals surface area contributed by atoms with Crippen molar-refractivity contribution in [1.29, 1.82) is 0 Å². The minimum absolute atomic E-state index is 0.384. The quantitative estimate of drug-likeness (QED) is 0.675. The summed E-state index contributed by atoms with van der Waals surface area (Å²) in [5, 5.41) is 0. The van der Waals surface area contributed by atoms with E-state index in [1.807, 2.05) is 6.20 Å². The highest BCUT2D eigenvalue weighted by Gasteiger charge is 2.28. The third-order valence-electron chi connectivity index (χ3n) is 4.66. The van der Waals surface area contributed by atoms with E-state index in [-0.39, 0.29) is 0 Å². The molecule has 1 N–H and O–H groups in total. The molecule has 0 spiro atoms. The minimum Gasteiger partial charge on any atom is -0.341 e. The van der Waals surface area contributed by atoms with Gasteiger partial charge in [-0.05, 0) is 42.6 Å². The second-order valence-electron chi connectivity index (χ2n) is 6.30. The van der Waals surface area contributed by atoms with Crippen LogP contribution in [0.4, 0.5) is 0 Å². The van der Waals surface area contributed by atoms with Crippen LogP contribution in [-0.4, -0.2) is 21.4 Å². The van der Waals surface area contributed by atoms with Crippen LogP contribution in [0.5, 0.6) is 0 Å². The van der Waals surface area contributed by atoms with Gasteiger partial charge in [0.15, 0.2) is 0 Å². The van der Waals surface area contributed by atoms with Gasteiger partial charge in [0, 0.05) is 11.0 Å². The Bertz CT molecular complexity index is 795. The number of aromatic nitrogens is 2. The van der Waals surface area contributed by atoms with E-state index in [2.05, 4.69) is 85.4 Å². The van der Waals surface area contributed by atoms with Crippen LogP contribution >= 0.6 is 15.9 Å². The second-order valence-corrected chi connectivity index (χ2v) is 7.22. The first-order valence-corrected chi connectivity index (χ1v) is 9.18. The van der Waals surface area contributed by atoms with Crippen LogP contribution in [0, 0.1) is 0 Å². The molecule has 1 atom stereocenters. The number of rotatable bonds is 4. The lowest BCUT2D eigenvalue weighted by Crippen LogP contribution is -2.23. The molecule has 3 nitrogen and oxygen atoms in total. The first kappa shape index (κ1) is 15.6. The van der Waals surface area contributed by atoms with Gasteiger partial charge in [-0.25, -0.2) is 4.98 Å². The molecule has 24 heavy (non-hydrogen) atoms. The number of benzene rings is 2. The Balaban J connectivity index is 1.53. The third kappa shape index (κ3) is 3.30. The molecule has 2 aromatic carbocycles. The molecule has 2 heterocycles. The number of nitrogens with zero attached hydrogens (tertiary/aromatic N) is 2. The van der Waals surface area contributed by atoms with Crippen molar-refractivity contribution in [3.63, 3.8) is 0 Å². The number of likely N-dealkylation sites (tertiary alicyclic amines) is 1. The van der Waals surface area contributed by atoms with Crippen LogP contribution in [-0.2, 0) is 6.54 Å². The first-order valence-electron chi connectivity index (χ1n) is 8.38. The molecule has 0 aliphatic carbocycles. The zero-order valence-corrected chi connectivity index (χ0v) is 15.0. The highest BCUT2D eigenvalue weighted by atomic mass is 79.9. The molecule has 0 saturated carbocycles. The van der Waals surface area contributed by atoms with Crippen LogP contribution in [0.25, 0.3) is 11.3 Å². The van der Waals surface area contributed by atoms with Crippen LogP contribution in [0.3, 0.4) is 0 Å². The Labute approximate surface area is 150 Å². The number of aromatic amines is 1. The van der Waals surface area contributed by atoms with Crippen LogP contribution in [0.2, 0.25) is 0 Å². The number of nitrogens with one attached hydrogen (secondary N) is 1. The van der Waals surface area contributed by atoms with Gasteiger partial charge in [-0.1, -0.05) is 58.4 Å². The van der Waals surface area contributed by atoms with E-state index in [1.165, 1.54) is 24.0 Å². The lowest BCUT2D eigenvalue weighted by Gasteiger charge is -2.22. The fourth-order valence-corrected chi connectivity index (χ4v) is 3.69. The largest absolute Gasteiger partial charge is 0.341 e. The van der Waals surface area contributed by atoms with Gasteiger partial charge in [0.05, 0.1) is 17.9 Å². The van der Waals surface area contributed by atoms with Gasteiger partial charge >= 0.3 is 0 Å². The lowest BCUT2D eigenvalue weighted by molar-refractivity contribution is 0.241. The summed E-state index contributed by atoms with van der Waals surface area (Å²) in [7, 11) is 0. The lowest BCUT2D eigenvalue weighted by atomic mass is 10.1. The number of hydrogen-bond acceptors (Lipinski definition) is 2. The fourth-order valence-electron chi connectivity index (χ4n) is 3.43. The van der Waals surface area contributed by atoms with E-state index in [1.54, 1.807) is 0 Å². The zero-order valence-electron chi connectivity index (χ0n) is 13.5. The predicted octanol–water partition coefficient (Wildman–Crippen LogP) is 5.18. The smallest absolute Gasteiger partial charge is 0.123 e. The Morgan fingerprint density at radius 2 is 1.88 bits per heavy atom. The number of H-pyrrole nitrogens is 1. The summed E-state index contributed by atoms with van der Waals surface area (Å²) >= 11 is 3.48. The maximum Gasteiger partial charge on any atom is 0.123 e. The SMILES string of the molecule is Brc1ccc(-c2cnc([C@@H]3CCCN3Cc3ccccc3)[nH]2)cc1. The van der Waals surface area contributed by atoms with Crippen LogP contribution < -0.4 is 0 Å². The summed E-state index contributed by atoms with van der Waals surface area (Å²) in [6.45, 7) is 2.12. The van der Waals surface area contributed by atoms with E-state index in [4.69, 9.17) is 0 Å². The van der Waals surface area contributed by atoms with Gasteiger partial charge in [0.1, 0.15) is 5.82 Å². The van der Waals surface area contributed by atoms with E-state index < -0.39 is 0 Å². The van der Waals surface area contributed by atoms with Crippen molar-refractivity contribution in [3.05, 3.63) is 76.7 Å². The molecule has 1 aromatic heterocycles. The van der Waals surface area contributed by atoms with E-state index in [0.717, 1.165) is 29.1 Å². The van der Waals surface area contributed by atoms with E-state index >= 15 is 0 Å². The Morgan fingerprint density at radius 1 is 1.08 bits per heavy atom. The molecule has 1 aliphatic heterocycles. The highest BCUT2D eigenvalue weighted by molar-refractivity contribution is 9.10. The molecule has 4 rings (SSSR count). The maximum absolute atomic E-state index is 4.68. The Hall–Kier alpha value is -1.91. The minimum atomic E-state index is 0.384. The molecular weight excluding hydrogens is 362 g/mol. The average Bonchev–Trinajstić information content (AvgIpc) is 3.25. The van der Waals surface area contributed by atoms with Crippen molar-refractivity contribution < 1.29 is 0 Å². The molecule has 122 valence electrons. The van der Waals surface area contributed by atoms with Crippen molar-refractivity contribution >= 4 is 15.9 Å². The highest BCUT2D eigenvalue weighted by Crippen LogP contribution is 2.32. The second kappa shape index (κ2) is 6.91. The topological polar surface area (TPSA) is 31.9 Å². The van der Waals surface area contributed by atoms with E-state index in [0.29, 0.717) is 6.04 Å². The maximum atomic E-state index is 4.68. The van der Waals surface area contributed by atoms with Gasteiger partial charge in [0.2, 0.25) is 0 Å². The number of imidazole rings is 1. The summed E-state index contributed by atoms with van der Waals surface area (Å²) < 4.78 is 1.09. The molecule has 0 radical (unpaired) electrons. The third-order valence-corrected chi connectivity index (χ3v) is 5.19. The van der Waals surface area contributed by atoms with Crippen LogP contribution in [0.1, 0.15) is 30.3 Å². The van der Waals surface area contributed by atoms with Crippen molar-refractivity contribution in [2.24, 2.45) is 0 Å². The summed E-state index contributed by atoms with van der Waals surface area (Å²) in [5.74, 6) is 1.08. The van der Waals surface area contributed by atoms with Gasteiger partial charge in [-0.15, -0.1) is 0 Å². The summed E-state index contributed by atoms with van der Waals surface area (Å²) in [4.78, 5) is 10.7. The van der Waals surface area contributed by atoms with Crippen LogP contribution in [0.15, 0.2) is 65.3 Å². The van der Waals surface area contributed by atoms with Gasteiger partial charge in [-0.2, -0.15) is 0 Å². The Morgan fingerprint density at radius 3 is 2.67 bits per heavy atom. The monoisotopic (exact) mass is 381 g/mol. The molecule has 0 unspecified atom stereocenters. The fraction of sp³-hybridized carbons (Fsp3) is 0.250. The molecule has 3 aromatic rings. The normalized spacial score (nSPS) is 18.1. The van der Waals surface area contributed by atoms with Crippen molar-refractivity contribution in [3.8, 4) is 11.3 Å². The van der Waals surface area contributed by atoms with Gasteiger partial charge < -0.3 is 4.98 Å². The molecule has 1 fully saturated rings. The summed E-state index contributed by atoms with van der Waals surface area (Å²) in [5.41, 5.74) is 3.62. The molecule has 1 aliphatic rings. The Kier molecular flexibility index (Phi) is 4.50.